The van der Waals surface area contributed by atoms with Gasteiger partial charge in [-0.3, -0.25) is 4.79 Å². The Bertz CT molecular complexity index is 3630. The van der Waals surface area contributed by atoms with Crippen molar-refractivity contribution in [1.29, 1.82) is 0 Å². The molecule has 0 saturated heterocycles. The third-order valence-corrected chi connectivity index (χ3v) is 13.2. The molecular formula is C66H63N4O12-3. The van der Waals surface area contributed by atoms with Gasteiger partial charge in [-0.2, -0.15) is 0 Å². The fourth-order valence-corrected chi connectivity index (χ4v) is 8.45. The van der Waals surface area contributed by atoms with Gasteiger partial charge in [0, 0.05) is 45.5 Å². The zero-order valence-corrected chi connectivity index (χ0v) is 46.7. The third kappa shape index (κ3) is 16.1. The number of methoxy groups -OCH3 is 2. The van der Waals surface area contributed by atoms with E-state index in [-0.39, 0.29) is 33.5 Å². The smallest absolute Gasteiger partial charge is 0.335 e. The highest BCUT2D eigenvalue weighted by Crippen LogP contribution is 2.38. The van der Waals surface area contributed by atoms with E-state index in [2.05, 4.69) is 43.5 Å². The number of para-hydroxylation sites is 3. The van der Waals surface area contributed by atoms with E-state index in [0.29, 0.717) is 58.0 Å². The van der Waals surface area contributed by atoms with Crippen LogP contribution in [0.1, 0.15) is 92.2 Å². The van der Waals surface area contributed by atoms with Crippen molar-refractivity contribution in [2.75, 3.05) is 30.6 Å². The highest BCUT2D eigenvalue weighted by atomic mass is 16.5. The van der Waals surface area contributed by atoms with Gasteiger partial charge in [0.1, 0.15) is 28.8 Å². The molecule has 82 heavy (non-hydrogen) atoms. The van der Waals surface area contributed by atoms with Gasteiger partial charge < -0.3 is 70.0 Å². The van der Waals surface area contributed by atoms with Gasteiger partial charge in [-0.15, -0.1) is 0 Å². The first-order valence-corrected chi connectivity index (χ1v) is 25.9. The SMILES string of the molecule is CC(=O)Cn1ccc2ccccc21.CCC(C)(C)c1ccc(Oc2cccc(C(=O)O)c2)cc1.COc1cc(-c2ccc(Nc3ccccc3C(=O)[O-])c(OC)c2)ccc1Nc1ccccc1C(=O)[O-].Cc1cc(C)c(N)c(C(=O)[O-])c1. The number of nitrogens with two attached hydrogens (primary N) is 1. The maximum atomic E-state index is 11.4. The summed E-state index contributed by atoms with van der Waals surface area (Å²) in [7, 11) is 3.05. The zero-order chi connectivity index (χ0) is 59.7. The Morgan fingerprint density at radius 1 is 0.585 bits per heavy atom. The number of carbonyl (C=O) groups is 5. The number of rotatable bonds is 17. The summed E-state index contributed by atoms with van der Waals surface area (Å²) in [6, 6.07) is 51.7. The van der Waals surface area contributed by atoms with Crippen LogP contribution in [-0.4, -0.2) is 53.6 Å². The molecule has 422 valence electrons. The van der Waals surface area contributed by atoms with Crippen LogP contribution < -0.4 is 45.9 Å². The van der Waals surface area contributed by atoms with Crippen LogP contribution in [0.2, 0.25) is 0 Å². The number of nitrogens with one attached hydrogen (secondary N) is 2. The fourth-order valence-electron chi connectivity index (χ4n) is 8.45. The Hall–Kier alpha value is -10.4. The topological polar surface area (TPSA) is 257 Å². The molecule has 0 aliphatic rings. The van der Waals surface area contributed by atoms with Gasteiger partial charge in [-0.05, 0) is 145 Å². The van der Waals surface area contributed by atoms with Crippen molar-refractivity contribution < 1.29 is 58.6 Å². The third-order valence-electron chi connectivity index (χ3n) is 13.2. The van der Waals surface area contributed by atoms with E-state index in [0.717, 1.165) is 34.2 Å². The van der Waals surface area contributed by atoms with E-state index in [4.69, 9.17) is 25.1 Å². The van der Waals surface area contributed by atoms with Crippen molar-refractivity contribution in [2.45, 2.75) is 59.9 Å². The number of hydrogen-bond donors (Lipinski definition) is 4. The summed E-state index contributed by atoms with van der Waals surface area (Å²) in [5.41, 5.74) is 14.0. The highest BCUT2D eigenvalue weighted by molar-refractivity contribution is 5.96. The molecule has 0 spiro atoms. The number of hydrogen-bond acceptors (Lipinski definition) is 14. The summed E-state index contributed by atoms with van der Waals surface area (Å²) in [6.45, 7) is 12.2. The predicted molar refractivity (Wildman–Crippen MR) is 314 cm³/mol. The van der Waals surface area contributed by atoms with Crippen LogP contribution in [0.15, 0.2) is 182 Å². The summed E-state index contributed by atoms with van der Waals surface area (Å²) in [5.74, 6) is -2.32. The lowest BCUT2D eigenvalue weighted by Gasteiger charge is -2.23. The molecule has 0 fully saturated rings. The van der Waals surface area contributed by atoms with Gasteiger partial charge in [-0.25, -0.2) is 4.79 Å². The summed E-state index contributed by atoms with van der Waals surface area (Å²) in [6.07, 6.45) is 3.01. The number of carbonyl (C=O) groups excluding carboxylic acids is 4. The van der Waals surface area contributed by atoms with Gasteiger partial charge in [0.15, 0.2) is 0 Å². The van der Waals surface area contributed by atoms with Crippen LogP contribution >= 0.6 is 0 Å². The predicted octanol–water partition coefficient (Wildman–Crippen LogP) is 10.9. The first-order valence-electron chi connectivity index (χ1n) is 25.9. The quantitative estimate of drug-likeness (QED) is 0.0618. The fraction of sp³-hybridized carbons (Fsp3) is 0.167. The number of aryl methyl sites for hydroxylation is 2. The summed E-state index contributed by atoms with van der Waals surface area (Å²) >= 11 is 0. The number of benzene rings is 8. The molecule has 0 amide bonds. The van der Waals surface area contributed by atoms with E-state index in [1.807, 2.05) is 90.5 Å². The van der Waals surface area contributed by atoms with Gasteiger partial charge >= 0.3 is 5.97 Å². The monoisotopic (exact) mass is 1100 g/mol. The minimum Gasteiger partial charge on any atom is -0.545 e. The van der Waals surface area contributed by atoms with E-state index in [9.17, 15) is 39.3 Å². The lowest BCUT2D eigenvalue weighted by Crippen LogP contribution is -2.24. The van der Waals surface area contributed by atoms with Crippen LogP contribution in [0.25, 0.3) is 22.0 Å². The largest absolute Gasteiger partial charge is 0.545 e. The normalized spacial score (nSPS) is 10.5. The van der Waals surface area contributed by atoms with Crippen LogP contribution in [0.4, 0.5) is 28.4 Å². The minimum atomic E-state index is -1.28. The lowest BCUT2D eigenvalue weighted by molar-refractivity contribution is -0.256. The van der Waals surface area contributed by atoms with Crippen LogP contribution in [0.3, 0.4) is 0 Å². The number of Topliss-reactive ketones (excluding diaryl/α,β-unsaturated/α-hetero) is 1. The first-order chi connectivity index (χ1) is 39.1. The molecular weight excluding hydrogens is 1040 g/mol. The maximum absolute atomic E-state index is 11.4. The van der Waals surface area contributed by atoms with Crippen LogP contribution in [0.5, 0.6) is 23.0 Å². The average molecular weight is 1100 g/mol. The Morgan fingerprint density at radius 2 is 1.11 bits per heavy atom. The number of aromatic carboxylic acids is 4. The van der Waals surface area contributed by atoms with Gasteiger partial charge in [0.2, 0.25) is 0 Å². The van der Waals surface area contributed by atoms with Crippen LogP contribution in [-0.2, 0) is 16.8 Å². The number of carboxylic acid groups (broad SMARTS) is 4. The second kappa shape index (κ2) is 28.0. The molecule has 0 radical (unpaired) electrons. The molecule has 16 heteroatoms. The molecule has 8 aromatic carbocycles. The van der Waals surface area contributed by atoms with Crippen molar-refractivity contribution in [1.82, 2.24) is 4.57 Å². The van der Waals surface area contributed by atoms with E-state index < -0.39 is 23.9 Å². The summed E-state index contributed by atoms with van der Waals surface area (Å²) in [4.78, 5) is 55.3. The number of nitrogen functional groups attached to an aromatic ring is 1. The molecule has 1 aromatic heterocycles. The van der Waals surface area contributed by atoms with Crippen molar-refractivity contribution in [2.24, 2.45) is 0 Å². The molecule has 1 heterocycles. The van der Waals surface area contributed by atoms with Gasteiger partial charge in [0.05, 0.1) is 55.6 Å². The Kier molecular flexibility index (Phi) is 20.8. The van der Waals surface area contributed by atoms with Gasteiger partial charge in [0.25, 0.3) is 0 Å². The molecule has 9 aromatic rings. The molecule has 5 N–H and O–H groups in total. The number of carboxylic acids is 4. The molecule has 0 saturated carbocycles. The highest BCUT2D eigenvalue weighted by Gasteiger charge is 2.18. The summed E-state index contributed by atoms with van der Waals surface area (Å²) < 4.78 is 18.8. The van der Waals surface area contributed by atoms with E-state index in [1.54, 1.807) is 80.6 Å². The maximum Gasteiger partial charge on any atom is 0.335 e. The average Bonchev–Trinajstić information content (AvgIpc) is 3.97. The van der Waals surface area contributed by atoms with Crippen LogP contribution in [0, 0.1) is 13.8 Å². The molecule has 0 unspecified atom stereocenters. The summed E-state index contributed by atoms with van der Waals surface area (Å²) in [5, 5.41) is 49.7. The zero-order valence-electron chi connectivity index (χ0n) is 46.7. The number of aromatic nitrogens is 1. The number of nitrogens with zero attached hydrogens (tertiary/aromatic N) is 1. The van der Waals surface area contributed by atoms with Crippen molar-refractivity contribution in [3.63, 3.8) is 0 Å². The molecule has 9 rings (SSSR count). The molecule has 0 bridgehead atoms. The Labute approximate surface area is 476 Å². The minimum absolute atomic E-state index is 0.0386. The van der Waals surface area contributed by atoms with E-state index >= 15 is 0 Å². The van der Waals surface area contributed by atoms with E-state index in [1.165, 1.54) is 49.4 Å². The Balaban J connectivity index is 0.000000197. The molecule has 0 aliphatic carbocycles. The number of anilines is 5. The molecule has 0 atom stereocenters. The second-order valence-corrected chi connectivity index (χ2v) is 19.5. The lowest BCUT2D eigenvalue weighted by atomic mass is 9.82. The molecule has 0 aliphatic heterocycles. The number of ketones is 1. The first kappa shape index (κ1) is 60.9. The van der Waals surface area contributed by atoms with Gasteiger partial charge in [-0.1, -0.05) is 117 Å². The Morgan fingerprint density at radius 3 is 1.61 bits per heavy atom. The molecule has 16 nitrogen and oxygen atoms in total. The van der Waals surface area contributed by atoms with Crippen molar-refractivity contribution >= 4 is 69.0 Å². The number of fused-ring (bicyclic) bond motifs is 1. The van der Waals surface area contributed by atoms with Crippen molar-refractivity contribution in [3.8, 4) is 34.1 Å². The number of ether oxygens (including phenoxy) is 3. The standard InChI is InChI=1S/C28H24N2O6.C18H20O3.C11H11NO.C9H11NO2/c1-35-25-15-17(11-13-23(25)29-21-9-5-3-7-19(21)27(31)32)18-12-14-24(26(16-18)36-2)30-22-10-6-4-8-20(22)28(33)34;1-4-18(2,3)14-8-10-15(11-9-14)21-16-7-5-6-13(12-16)17(19)20;1-9(13)8-12-7-6-10-4-2-3-5-11(10)12;1-5-3-6(2)8(10)7(4-5)9(11)12/h3-16,29-30H,1-2H3,(H,31,32)(H,33,34);5-12H,4H2,1-3H3,(H,19,20);2-7H,8H2,1H3;3-4H,10H2,1-2H3,(H,11,12)/p-3. The second-order valence-electron chi connectivity index (χ2n) is 19.5. The van der Waals surface area contributed by atoms with Crippen molar-refractivity contribution in [3.05, 3.63) is 221 Å².